The molecule has 0 aliphatic carbocycles. The van der Waals surface area contributed by atoms with Crippen LogP contribution in [-0.4, -0.2) is 36.9 Å². The third kappa shape index (κ3) is 3.94. The molecule has 8 nitrogen and oxygen atoms in total. The van der Waals surface area contributed by atoms with Crippen LogP contribution in [0.1, 0.15) is 17.1 Å². The summed E-state index contributed by atoms with van der Waals surface area (Å²) < 4.78 is 26.8. The number of fused-ring (bicyclic) bond motifs is 1. The van der Waals surface area contributed by atoms with Crippen LogP contribution in [0.4, 0.5) is 0 Å². The number of nitrogens with one attached hydrogen (secondary N) is 3. The Bertz CT molecular complexity index is 968. The Kier molecular flexibility index (Phi) is 4.69. The van der Waals surface area contributed by atoms with Crippen molar-refractivity contribution in [2.45, 2.75) is 30.7 Å². The predicted molar refractivity (Wildman–Crippen MR) is 90.6 cm³/mol. The number of aromatic nitrogens is 2. The average molecular weight is 362 g/mol. The molecular formula is C16H18N4O4S. The highest BCUT2D eigenvalue weighted by atomic mass is 32.2. The molecular weight excluding hydrogens is 344 g/mol. The highest BCUT2D eigenvalue weighted by molar-refractivity contribution is 7.89. The minimum absolute atomic E-state index is 0.209. The Morgan fingerprint density at radius 2 is 2.12 bits per heavy atom. The fourth-order valence-corrected chi connectivity index (χ4v) is 4.23. The van der Waals surface area contributed by atoms with Crippen molar-refractivity contribution in [2.24, 2.45) is 0 Å². The summed E-state index contributed by atoms with van der Waals surface area (Å²) in [5, 5.41) is 2.68. The van der Waals surface area contributed by atoms with Crippen LogP contribution in [-0.2, 0) is 27.7 Å². The van der Waals surface area contributed by atoms with Gasteiger partial charge in [-0.05, 0) is 25.0 Å². The zero-order chi connectivity index (χ0) is 18.0. The maximum absolute atomic E-state index is 12.3. The number of amides is 1. The zero-order valence-electron chi connectivity index (χ0n) is 13.6. The quantitative estimate of drug-likeness (QED) is 0.686. The molecule has 0 unspecified atom stereocenters. The maximum Gasteiger partial charge on any atom is 0.251 e. The second kappa shape index (κ2) is 6.77. The van der Waals surface area contributed by atoms with Crippen LogP contribution in [0.3, 0.4) is 0 Å². The molecule has 1 aromatic heterocycles. The lowest BCUT2D eigenvalue weighted by Crippen LogP contribution is -2.50. The molecule has 3 N–H and O–H groups in total. The first kappa shape index (κ1) is 17.3. The minimum atomic E-state index is -3.70. The van der Waals surface area contributed by atoms with Crippen molar-refractivity contribution < 1.29 is 13.2 Å². The lowest BCUT2D eigenvalue weighted by molar-refractivity contribution is -0.122. The first-order valence-corrected chi connectivity index (χ1v) is 9.28. The number of rotatable bonds is 4. The maximum atomic E-state index is 12.3. The first-order chi connectivity index (χ1) is 11.8. The third-order valence-corrected chi connectivity index (χ3v) is 5.45. The van der Waals surface area contributed by atoms with Crippen molar-refractivity contribution in [3.63, 3.8) is 0 Å². The molecule has 2 heterocycles. The SMILES string of the molecule is Cc1cc(=O)[nH]c(CCNC(=O)[C@@H]2Cc3ccccc3S(=O)(=O)N2)n1. The van der Waals surface area contributed by atoms with E-state index in [1.807, 2.05) is 0 Å². The van der Waals surface area contributed by atoms with Gasteiger partial charge < -0.3 is 10.3 Å². The molecule has 1 aromatic carbocycles. The van der Waals surface area contributed by atoms with Gasteiger partial charge in [-0.15, -0.1) is 0 Å². The lowest BCUT2D eigenvalue weighted by atomic mass is 10.1. The topological polar surface area (TPSA) is 121 Å². The first-order valence-electron chi connectivity index (χ1n) is 7.80. The molecule has 0 spiro atoms. The monoisotopic (exact) mass is 362 g/mol. The molecule has 3 rings (SSSR count). The van der Waals surface area contributed by atoms with Crippen molar-refractivity contribution in [3.8, 4) is 0 Å². The van der Waals surface area contributed by atoms with E-state index in [1.54, 1.807) is 25.1 Å². The van der Waals surface area contributed by atoms with E-state index in [4.69, 9.17) is 0 Å². The number of aryl methyl sites for hydroxylation is 1. The van der Waals surface area contributed by atoms with Crippen LogP contribution in [0.2, 0.25) is 0 Å². The molecule has 2 aromatic rings. The molecule has 1 aliphatic rings. The Morgan fingerprint density at radius 1 is 1.36 bits per heavy atom. The summed E-state index contributed by atoms with van der Waals surface area (Å²) in [6, 6.07) is 7.14. The van der Waals surface area contributed by atoms with Crippen LogP contribution in [0.25, 0.3) is 0 Å². The van der Waals surface area contributed by atoms with Gasteiger partial charge in [-0.2, -0.15) is 4.72 Å². The molecule has 132 valence electrons. The van der Waals surface area contributed by atoms with E-state index in [2.05, 4.69) is 20.0 Å². The standard InChI is InChI=1S/C16H18N4O4S/c1-10-8-15(21)19-14(18-10)6-7-17-16(22)12-9-11-4-2-3-5-13(11)25(23,24)20-12/h2-5,8,12,20H,6-7,9H2,1H3,(H,17,22)(H,18,19,21)/t12-/m0/s1. The van der Waals surface area contributed by atoms with Gasteiger partial charge in [-0.3, -0.25) is 9.59 Å². The van der Waals surface area contributed by atoms with Gasteiger partial charge in [0, 0.05) is 24.7 Å². The van der Waals surface area contributed by atoms with Gasteiger partial charge in [0.05, 0.1) is 4.90 Å². The van der Waals surface area contributed by atoms with E-state index in [9.17, 15) is 18.0 Å². The van der Waals surface area contributed by atoms with Gasteiger partial charge in [-0.1, -0.05) is 18.2 Å². The van der Waals surface area contributed by atoms with Gasteiger partial charge >= 0.3 is 0 Å². The fraction of sp³-hybridized carbons (Fsp3) is 0.312. The largest absolute Gasteiger partial charge is 0.354 e. The molecule has 0 radical (unpaired) electrons. The Labute approximate surface area is 144 Å². The number of hydrogen-bond acceptors (Lipinski definition) is 5. The van der Waals surface area contributed by atoms with Gasteiger partial charge in [0.2, 0.25) is 15.9 Å². The molecule has 1 atom stereocenters. The number of sulfonamides is 1. The number of carbonyl (C=O) groups is 1. The Balaban J connectivity index is 1.64. The van der Waals surface area contributed by atoms with Crippen molar-refractivity contribution in [3.05, 3.63) is 57.8 Å². The molecule has 9 heteroatoms. The summed E-state index contributed by atoms with van der Waals surface area (Å²) in [6.45, 7) is 1.96. The second-order valence-electron chi connectivity index (χ2n) is 5.86. The minimum Gasteiger partial charge on any atom is -0.354 e. The average Bonchev–Trinajstić information content (AvgIpc) is 2.53. The van der Waals surface area contributed by atoms with Gasteiger partial charge in [0.25, 0.3) is 5.56 Å². The van der Waals surface area contributed by atoms with Gasteiger partial charge in [0.15, 0.2) is 0 Å². The van der Waals surface area contributed by atoms with E-state index in [1.165, 1.54) is 12.1 Å². The van der Waals surface area contributed by atoms with Gasteiger partial charge in [-0.25, -0.2) is 13.4 Å². The van der Waals surface area contributed by atoms with Crippen LogP contribution >= 0.6 is 0 Å². The Hall–Kier alpha value is -2.52. The van der Waals surface area contributed by atoms with Crippen LogP contribution in [0.5, 0.6) is 0 Å². The number of H-pyrrole nitrogens is 1. The Morgan fingerprint density at radius 3 is 2.88 bits per heavy atom. The highest BCUT2D eigenvalue weighted by Gasteiger charge is 2.32. The second-order valence-corrected chi connectivity index (χ2v) is 7.54. The van der Waals surface area contributed by atoms with E-state index in [-0.39, 0.29) is 17.0 Å². The fourth-order valence-electron chi connectivity index (χ4n) is 2.78. The predicted octanol–water partition coefficient (Wildman–Crippen LogP) is -0.360. The van der Waals surface area contributed by atoms with Crippen LogP contribution in [0.15, 0.2) is 40.0 Å². The van der Waals surface area contributed by atoms with Crippen LogP contribution in [0, 0.1) is 6.92 Å². The van der Waals surface area contributed by atoms with Crippen molar-refractivity contribution in [1.29, 1.82) is 0 Å². The third-order valence-electron chi connectivity index (χ3n) is 3.88. The molecule has 1 aliphatic heterocycles. The summed E-state index contributed by atoms with van der Waals surface area (Å²) in [4.78, 5) is 30.7. The molecule has 0 saturated heterocycles. The molecule has 1 amide bonds. The highest BCUT2D eigenvalue weighted by Crippen LogP contribution is 2.22. The summed E-state index contributed by atoms with van der Waals surface area (Å²) in [5.41, 5.74) is 0.971. The molecule has 0 fully saturated rings. The number of benzene rings is 1. The molecule has 25 heavy (non-hydrogen) atoms. The number of hydrogen-bond donors (Lipinski definition) is 3. The van der Waals surface area contributed by atoms with Crippen molar-refractivity contribution in [1.82, 2.24) is 20.0 Å². The number of carbonyl (C=O) groups excluding carboxylic acids is 1. The van der Waals surface area contributed by atoms with Crippen molar-refractivity contribution in [2.75, 3.05) is 6.54 Å². The summed E-state index contributed by atoms with van der Waals surface area (Å²) in [5.74, 6) is 0.0629. The normalized spacial score (nSPS) is 18.4. The summed E-state index contributed by atoms with van der Waals surface area (Å²) in [7, 11) is -3.70. The molecule has 0 bridgehead atoms. The number of nitrogens with zero attached hydrogens (tertiary/aromatic N) is 1. The van der Waals surface area contributed by atoms with E-state index >= 15 is 0 Å². The number of aromatic amines is 1. The van der Waals surface area contributed by atoms with E-state index in [0.717, 1.165) is 0 Å². The van der Waals surface area contributed by atoms with Crippen molar-refractivity contribution >= 4 is 15.9 Å². The van der Waals surface area contributed by atoms with E-state index in [0.29, 0.717) is 29.9 Å². The summed E-state index contributed by atoms with van der Waals surface area (Å²) >= 11 is 0. The van der Waals surface area contributed by atoms with E-state index < -0.39 is 22.0 Å². The van der Waals surface area contributed by atoms with Crippen LogP contribution < -0.4 is 15.6 Å². The summed E-state index contributed by atoms with van der Waals surface area (Å²) in [6.07, 6.45) is 0.638. The lowest BCUT2D eigenvalue weighted by Gasteiger charge is -2.25. The smallest absolute Gasteiger partial charge is 0.251 e. The zero-order valence-corrected chi connectivity index (χ0v) is 14.4. The molecule has 0 saturated carbocycles. The van der Waals surface area contributed by atoms with Gasteiger partial charge in [0.1, 0.15) is 11.9 Å².